The van der Waals surface area contributed by atoms with E-state index in [1.165, 1.54) is 30.5 Å². The van der Waals surface area contributed by atoms with Crippen LogP contribution in [-0.2, 0) is 6.42 Å². The fourth-order valence-corrected chi connectivity index (χ4v) is 2.52. The Morgan fingerprint density at radius 1 is 0.952 bits per heavy atom. The van der Waals surface area contributed by atoms with Gasteiger partial charge in [0.2, 0.25) is 0 Å². The van der Waals surface area contributed by atoms with E-state index < -0.39 is 0 Å². The number of nitrogens with zero attached hydrogens (tertiary/aromatic N) is 1. The molecule has 0 spiro atoms. The Labute approximate surface area is 125 Å². The maximum atomic E-state index is 5.27. The van der Waals surface area contributed by atoms with E-state index in [0.29, 0.717) is 6.61 Å². The molecule has 108 valence electrons. The van der Waals surface area contributed by atoms with Crippen molar-refractivity contribution in [2.45, 2.75) is 19.3 Å². The molecule has 1 N–H and O–H groups in total. The van der Waals surface area contributed by atoms with E-state index in [1.54, 1.807) is 6.21 Å². The van der Waals surface area contributed by atoms with Crippen molar-refractivity contribution in [2.75, 3.05) is 18.5 Å². The Morgan fingerprint density at radius 2 is 1.81 bits per heavy atom. The highest BCUT2D eigenvalue weighted by Gasteiger charge is 2.04. The Balaban J connectivity index is 0.000000126. The molecule has 0 aliphatic carbocycles. The van der Waals surface area contributed by atoms with Gasteiger partial charge in [-0.1, -0.05) is 30.3 Å². The largest absolute Gasteiger partial charge is 0.486 e. The molecular weight excluding hydrogens is 260 g/mol. The molecule has 21 heavy (non-hydrogen) atoms. The summed E-state index contributed by atoms with van der Waals surface area (Å²) >= 11 is 0. The second-order valence-corrected chi connectivity index (χ2v) is 5.13. The van der Waals surface area contributed by atoms with Crippen LogP contribution in [0.5, 0.6) is 5.75 Å². The van der Waals surface area contributed by atoms with E-state index in [-0.39, 0.29) is 0 Å². The SMILES string of the molecule is C1=Nc2ccccc2OC1.c1ccc2c(c1)CCCCN2. The lowest BCUT2D eigenvalue weighted by Crippen LogP contribution is -2.01. The van der Waals surface area contributed by atoms with E-state index in [4.69, 9.17) is 4.74 Å². The number of hydrogen-bond acceptors (Lipinski definition) is 3. The van der Waals surface area contributed by atoms with E-state index >= 15 is 0 Å². The fourth-order valence-electron chi connectivity index (χ4n) is 2.52. The molecule has 4 rings (SSSR count). The summed E-state index contributed by atoms with van der Waals surface area (Å²) in [5.41, 5.74) is 3.74. The highest BCUT2D eigenvalue weighted by molar-refractivity contribution is 5.70. The lowest BCUT2D eigenvalue weighted by atomic mass is 10.1. The molecule has 0 unspecified atom stereocenters. The van der Waals surface area contributed by atoms with Crippen molar-refractivity contribution in [1.82, 2.24) is 0 Å². The molecule has 2 aromatic carbocycles. The average molecular weight is 280 g/mol. The zero-order valence-electron chi connectivity index (χ0n) is 12.1. The first-order valence-electron chi connectivity index (χ1n) is 7.49. The van der Waals surface area contributed by atoms with Crippen molar-refractivity contribution in [3.8, 4) is 5.75 Å². The monoisotopic (exact) mass is 280 g/mol. The van der Waals surface area contributed by atoms with Gasteiger partial charge < -0.3 is 10.1 Å². The van der Waals surface area contributed by atoms with Crippen molar-refractivity contribution >= 4 is 17.6 Å². The minimum Gasteiger partial charge on any atom is -0.486 e. The fraction of sp³-hybridized carbons (Fsp3) is 0.278. The number of ether oxygens (including phenoxy) is 1. The number of aliphatic imine (C=N–C) groups is 1. The summed E-state index contributed by atoms with van der Waals surface area (Å²) in [4.78, 5) is 4.14. The van der Waals surface area contributed by atoms with Crippen LogP contribution in [0.1, 0.15) is 18.4 Å². The predicted octanol–water partition coefficient (Wildman–Crippen LogP) is 4.22. The van der Waals surface area contributed by atoms with Crippen LogP contribution in [-0.4, -0.2) is 19.4 Å². The predicted molar refractivity (Wildman–Crippen MR) is 88.0 cm³/mol. The van der Waals surface area contributed by atoms with Crippen LogP contribution < -0.4 is 10.1 Å². The van der Waals surface area contributed by atoms with Crippen molar-refractivity contribution in [1.29, 1.82) is 0 Å². The normalized spacial score (nSPS) is 15.2. The molecule has 3 heteroatoms. The average Bonchev–Trinajstić information content (AvgIpc) is 2.81. The summed E-state index contributed by atoms with van der Waals surface area (Å²) in [6.07, 6.45) is 5.63. The molecule has 2 heterocycles. The molecular formula is C18H20N2O. The van der Waals surface area contributed by atoms with Gasteiger partial charge in [0.1, 0.15) is 18.0 Å². The first-order chi connectivity index (χ1) is 10.4. The van der Waals surface area contributed by atoms with Gasteiger partial charge in [-0.2, -0.15) is 0 Å². The van der Waals surface area contributed by atoms with Crippen LogP contribution >= 0.6 is 0 Å². The molecule has 0 atom stereocenters. The first kappa shape index (κ1) is 13.7. The highest BCUT2D eigenvalue weighted by Crippen LogP contribution is 2.27. The molecule has 2 aromatic rings. The Bertz CT molecular complexity index is 597. The number of benzene rings is 2. The lowest BCUT2D eigenvalue weighted by molar-refractivity contribution is 0.377. The minimum absolute atomic E-state index is 0.594. The van der Waals surface area contributed by atoms with Crippen LogP contribution in [0, 0.1) is 0 Å². The number of nitrogens with one attached hydrogen (secondary N) is 1. The van der Waals surface area contributed by atoms with Crippen LogP contribution in [0.4, 0.5) is 11.4 Å². The minimum atomic E-state index is 0.594. The molecule has 0 radical (unpaired) electrons. The maximum Gasteiger partial charge on any atom is 0.145 e. The molecule has 0 saturated carbocycles. The number of para-hydroxylation sites is 3. The van der Waals surface area contributed by atoms with Gasteiger partial charge in [0.25, 0.3) is 0 Å². The standard InChI is InChI=1S/C10H13N.C8H7NO/c1-2-7-10-9(5-1)6-3-4-8-11-10;1-2-4-8-7(3-1)9-5-6-10-8/h1-2,5,7,11H,3-4,6,8H2;1-5H,6H2. The molecule has 0 aromatic heterocycles. The number of fused-ring (bicyclic) bond motifs is 2. The van der Waals surface area contributed by atoms with Gasteiger partial charge in [-0.05, 0) is 43.0 Å². The molecule has 3 nitrogen and oxygen atoms in total. The van der Waals surface area contributed by atoms with E-state index in [2.05, 4.69) is 34.6 Å². The summed E-state index contributed by atoms with van der Waals surface area (Å²) in [6.45, 7) is 1.73. The van der Waals surface area contributed by atoms with Crippen LogP contribution in [0.3, 0.4) is 0 Å². The zero-order chi connectivity index (χ0) is 14.3. The third-order valence-corrected chi connectivity index (χ3v) is 3.61. The van der Waals surface area contributed by atoms with Gasteiger partial charge in [-0.25, -0.2) is 0 Å². The van der Waals surface area contributed by atoms with Gasteiger partial charge >= 0.3 is 0 Å². The molecule has 0 bridgehead atoms. The zero-order valence-corrected chi connectivity index (χ0v) is 12.1. The Hall–Kier alpha value is -2.29. The van der Waals surface area contributed by atoms with Gasteiger partial charge in [0.05, 0.1) is 0 Å². The van der Waals surface area contributed by atoms with E-state index in [0.717, 1.165) is 18.0 Å². The summed E-state index contributed by atoms with van der Waals surface area (Å²) in [6, 6.07) is 16.3. The molecule has 2 aliphatic heterocycles. The number of rotatable bonds is 0. The molecule has 0 saturated heterocycles. The Morgan fingerprint density at radius 3 is 2.76 bits per heavy atom. The van der Waals surface area contributed by atoms with Gasteiger partial charge in [-0.3, -0.25) is 4.99 Å². The van der Waals surface area contributed by atoms with Crippen molar-refractivity contribution in [3.63, 3.8) is 0 Å². The quantitative estimate of drug-likeness (QED) is 0.784. The van der Waals surface area contributed by atoms with E-state index in [1.807, 2.05) is 24.3 Å². The second kappa shape index (κ2) is 6.93. The smallest absolute Gasteiger partial charge is 0.145 e. The maximum absolute atomic E-state index is 5.27. The third kappa shape index (κ3) is 3.63. The van der Waals surface area contributed by atoms with Gasteiger partial charge in [-0.15, -0.1) is 0 Å². The number of anilines is 1. The van der Waals surface area contributed by atoms with Crippen LogP contribution in [0.15, 0.2) is 53.5 Å². The van der Waals surface area contributed by atoms with Crippen molar-refractivity contribution < 1.29 is 4.74 Å². The summed E-state index contributed by atoms with van der Waals surface area (Å²) < 4.78 is 5.27. The first-order valence-corrected chi connectivity index (χ1v) is 7.49. The van der Waals surface area contributed by atoms with Gasteiger partial charge in [0, 0.05) is 18.4 Å². The summed E-state index contributed by atoms with van der Waals surface area (Å²) in [7, 11) is 0. The molecule has 0 fully saturated rings. The molecule has 2 aliphatic rings. The Kier molecular flexibility index (Phi) is 4.52. The van der Waals surface area contributed by atoms with E-state index in [9.17, 15) is 0 Å². The summed E-state index contributed by atoms with van der Waals surface area (Å²) in [5, 5.41) is 3.43. The number of aryl methyl sites for hydroxylation is 1. The number of hydrogen-bond donors (Lipinski definition) is 1. The molecule has 0 amide bonds. The topological polar surface area (TPSA) is 33.6 Å². The highest BCUT2D eigenvalue weighted by atomic mass is 16.5. The second-order valence-electron chi connectivity index (χ2n) is 5.13. The van der Waals surface area contributed by atoms with Gasteiger partial charge in [0.15, 0.2) is 0 Å². The summed E-state index contributed by atoms with van der Waals surface area (Å²) in [5.74, 6) is 0.880. The van der Waals surface area contributed by atoms with Crippen molar-refractivity contribution in [3.05, 3.63) is 54.1 Å². The van der Waals surface area contributed by atoms with Crippen LogP contribution in [0.25, 0.3) is 0 Å². The third-order valence-electron chi connectivity index (χ3n) is 3.61. The lowest BCUT2D eigenvalue weighted by Gasteiger charge is -2.09. The van der Waals surface area contributed by atoms with Crippen molar-refractivity contribution in [2.24, 2.45) is 4.99 Å². The van der Waals surface area contributed by atoms with Crippen LogP contribution in [0.2, 0.25) is 0 Å².